The summed E-state index contributed by atoms with van der Waals surface area (Å²) in [5, 5.41) is 0. The summed E-state index contributed by atoms with van der Waals surface area (Å²) >= 11 is 0. The maximum absolute atomic E-state index is 12.7. The summed E-state index contributed by atoms with van der Waals surface area (Å²) in [6.07, 6.45) is 0. The molecule has 0 spiro atoms. The standard InChI is InChI=1S/C14H21BF.Na/c1-13(2,3)10-7-11(14(4,5)6)9-12(8-10)15-16;/h7-9H,1-6H3;/q-1;+1. The fourth-order valence-corrected chi connectivity index (χ4v) is 1.58. The molecule has 17 heavy (non-hydrogen) atoms. The molecule has 0 amide bonds. The van der Waals surface area contributed by atoms with Gasteiger partial charge in [0.15, 0.2) is 0 Å². The smallest absolute Gasteiger partial charge is 0.593 e. The van der Waals surface area contributed by atoms with Gasteiger partial charge in [-0.2, -0.15) is 0 Å². The fourth-order valence-electron chi connectivity index (χ4n) is 1.58. The van der Waals surface area contributed by atoms with Gasteiger partial charge in [0.05, 0.1) is 0 Å². The monoisotopic (exact) mass is 242 g/mol. The molecule has 0 fully saturated rings. The second-order valence-electron chi connectivity index (χ2n) is 6.45. The summed E-state index contributed by atoms with van der Waals surface area (Å²) in [6, 6.07) is 6.04. The van der Waals surface area contributed by atoms with Gasteiger partial charge >= 0.3 is 29.6 Å². The van der Waals surface area contributed by atoms with E-state index in [0.717, 1.165) is 0 Å². The molecule has 0 atom stereocenters. The number of hydrogen-bond acceptors (Lipinski definition) is 0. The Balaban J connectivity index is 0.00000256. The van der Waals surface area contributed by atoms with Crippen LogP contribution in [0.4, 0.5) is 4.32 Å². The summed E-state index contributed by atoms with van der Waals surface area (Å²) in [7, 11) is 0.685. The largest absolute Gasteiger partial charge is 1.00 e. The van der Waals surface area contributed by atoms with Gasteiger partial charge in [-0.3, -0.25) is 0 Å². The van der Waals surface area contributed by atoms with Crippen molar-refractivity contribution >= 4 is 13.0 Å². The van der Waals surface area contributed by atoms with Crippen molar-refractivity contribution in [2.75, 3.05) is 0 Å². The van der Waals surface area contributed by atoms with Gasteiger partial charge < -0.3 is 4.32 Å². The van der Waals surface area contributed by atoms with Gasteiger partial charge in [0.25, 0.3) is 0 Å². The minimum absolute atomic E-state index is 0. The van der Waals surface area contributed by atoms with Crippen LogP contribution in [0.3, 0.4) is 0 Å². The maximum atomic E-state index is 12.7. The Morgan fingerprint density at radius 3 is 1.41 bits per heavy atom. The van der Waals surface area contributed by atoms with Crippen LogP contribution in [0.15, 0.2) is 18.2 Å². The third kappa shape index (κ3) is 4.77. The van der Waals surface area contributed by atoms with Gasteiger partial charge in [-0.15, -0.1) is 0 Å². The van der Waals surface area contributed by atoms with E-state index >= 15 is 0 Å². The van der Waals surface area contributed by atoms with Gasteiger partial charge in [-0.05, 0) is 22.0 Å². The van der Waals surface area contributed by atoms with Crippen LogP contribution in [0, 0.1) is 0 Å². The van der Waals surface area contributed by atoms with Crippen molar-refractivity contribution < 1.29 is 33.9 Å². The Kier molecular flexibility index (Phi) is 5.98. The second kappa shape index (κ2) is 5.90. The molecule has 1 aromatic rings. The van der Waals surface area contributed by atoms with E-state index in [2.05, 4.69) is 47.6 Å². The molecule has 2 radical (unpaired) electrons. The molecule has 0 saturated heterocycles. The average Bonchev–Trinajstić information content (AvgIpc) is 2.14. The Labute approximate surface area is 128 Å². The zero-order valence-corrected chi connectivity index (χ0v) is 14.2. The normalized spacial score (nSPS) is 12.2. The van der Waals surface area contributed by atoms with Crippen molar-refractivity contribution in [2.45, 2.75) is 52.4 Å². The third-order valence-electron chi connectivity index (χ3n) is 2.81. The predicted octanol–water partition coefficient (Wildman–Crippen LogP) is 0.500. The van der Waals surface area contributed by atoms with E-state index in [9.17, 15) is 4.32 Å². The molecule has 0 aliphatic heterocycles. The molecule has 0 nitrogen and oxygen atoms in total. The SMILES string of the molecule is CC(C)(C)c1cc([B-]F)cc(C(C)(C)C)c1.[Na+]. The number of rotatable bonds is 1. The first-order valence-corrected chi connectivity index (χ1v) is 5.74. The summed E-state index contributed by atoms with van der Waals surface area (Å²) < 4.78 is 12.7. The Morgan fingerprint density at radius 2 is 1.18 bits per heavy atom. The summed E-state index contributed by atoms with van der Waals surface area (Å²) in [5.74, 6) is 0. The first-order valence-electron chi connectivity index (χ1n) is 5.74. The van der Waals surface area contributed by atoms with Crippen molar-refractivity contribution in [1.29, 1.82) is 0 Å². The van der Waals surface area contributed by atoms with Crippen LogP contribution in [-0.2, 0) is 10.8 Å². The molecule has 0 aliphatic carbocycles. The molecule has 0 N–H and O–H groups in total. The topological polar surface area (TPSA) is 0 Å². The van der Waals surface area contributed by atoms with Gasteiger partial charge in [-0.25, -0.2) is 5.46 Å². The minimum atomic E-state index is 0. The van der Waals surface area contributed by atoms with Crippen LogP contribution in [0.1, 0.15) is 52.7 Å². The minimum Gasteiger partial charge on any atom is -0.593 e. The van der Waals surface area contributed by atoms with Crippen LogP contribution in [0.5, 0.6) is 0 Å². The number of halogens is 1. The Hall–Kier alpha value is 0.215. The molecule has 1 aromatic carbocycles. The van der Waals surface area contributed by atoms with Crippen LogP contribution in [0.25, 0.3) is 0 Å². The molecule has 0 heterocycles. The fraction of sp³-hybridized carbons (Fsp3) is 0.571. The summed E-state index contributed by atoms with van der Waals surface area (Å²) in [5.41, 5.74) is 3.14. The third-order valence-corrected chi connectivity index (χ3v) is 2.81. The summed E-state index contributed by atoms with van der Waals surface area (Å²) in [6.45, 7) is 12.9. The molecular formula is C14H21BFNa. The Morgan fingerprint density at radius 1 is 0.824 bits per heavy atom. The number of benzene rings is 1. The van der Waals surface area contributed by atoms with Crippen LogP contribution in [0.2, 0.25) is 0 Å². The average molecular weight is 242 g/mol. The predicted molar refractivity (Wildman–Crippen MR) is 70.3 cm³/mol. The van der Waals surface area contributed by atoms with Crippen molar-refractivity contribution in [3.8, 4) is 0 Å². The van der Waals surface area contributed by atoms with E-state index in [1.807, 2.05) is 12.1 Å². The van der Waals surface area contributed by atoms with Crippen LogP contribution in [-0.4, -0.2) is 7.56 Å². The molecule has 3 heteroatoms. The molecule has 1 rings (SSSR count). The molecule has 0 saturated carbocycles. The van der Waals surface area contributed by atoms with Crippen LogP contribution >= 0.6 is 0 Å². The zero-order valence-electron chi connectivity index (χ0n) is 12.2. The van der Waals surface area contributed by atoms with E-state index < -0.39 is 0 Å². The molecule has 0 unspecified atom stereocenters. The van der Waals surface area contributed by atoms with Crippen LogP contribution < -0.4 is 35.0 Å². The maximum Gasteiger partial charge on any atom is 1.00 e. The molecule has 0 aromatic heterocycles. The second-order valence-corrected chi connectivity index (χ2v) is 6.45. The van der Waals surface area contributed by atoms with E-state index in [-0.39, 0.29) is 40.4 Å². The van der Waals surface area contributed by atoms with Gasteiger partial charge in [-0.1, -0.05) is 67.3 Å². The molecule has 88 valence electrons. The quantitative estimate of drug-likeness (QED) is 0.629. The van der Waals surface area contributed by atoms with E-state index in [1.165, 1.54) is 11.1 Å². The zero-order chi connectivity index (χ0) is 12.6. The van der Waals surface area contributed by atoms with Crippen molar-refractivity contribution in [3.05, 3.63) is 29.3 Å². The molecule has 0 bridgehead atoms. The molecule has 0 aliphatic rings. The van der Waals surface area contributed by atoms with E-state index in [1.54, 1.807) is 0 Å². The van der Waals surface area contributed by atoms with Gasteiger partial charge in [0, 0.05) is 0 Å². The van der Waals surface area contributed by atoms with Crippen molar-refractivity contribution in [3.63, 3.8) is 0 Å². The first-order chi connectivity index (χ1) is 7.14. The van der Waals surface area contributed by atoms with E-state index in [4.69, 9.17) is 0 Å². The van der Waals surface area contributed by atoms with Crippen molar-refractivity contribution in [1.82, 2.24) is 0 Å². The first kappa shape index (κ1) is 17.2. The molecular weight excluding hydrogens is 221 g/mol. The van der Waals surface area contributed by atoms with Crippen molar-refractivity contribution in [2.24, 2.45) is 0 Å². The number of hydrogen-bond donors (Lipinski definition) is 0. The van der Waals surface area contributed by atoms with Gasteiger partial charge in [0.1, 0.15) is 0 Å². The summed E-state index contributed by atoms with van der Waals surface area (Å²) in [4.78, 5) is 0. The van der Waals surface area contributed by atoms with E-state index in [0.29, 0.717) is 13.0 Å². The Bertz CT molecular complexity index is 343. The van der Waals surface area contributed by atoms with Gasteiger partial charge in [0.2, 0.25) is 0 Å².